The minimum Gasteiger partial charge on any atom is -0.497 e. The number of nitrogen functional groups attached to an aromatic ring is 1. The van der Waals surface area contributed by atoms with Crippen LogP contribution in [0.5, 0.6) is 5.75 Å². The van der Waals surface area contributed by atoms with Crippen LogP contribution in [-0.4, -0.2) is 12.3 Å². The molecule has 1 heterocycles. The van der Waals surface area contributed by atoms with E-state index in [-0.39, 0.29) is 0 Å². The van der Waals surface area contributed by atoms with Gasteiger partial charge in [-0.05, 0) is 17.7 Å². The Kier molecular flexibility index (Phi) is 2.58. The van der Waals surface area contributed by atoms with Gasteiger partial charge >= 0.3 is 0 Å². The van der Waals surface area contributed by atoms with E-state index in [2.05, 4.69) is 5.16 Å². The number of ether oxygens (including phenoxy) is 1. The Hall–Kier alpha value is -1.97. The van der Waals surface area contributed by atoms with Crippen molar-refractivity contribution in [3.8, 4) is 5.75 Å². The maximum absolute atomic E-state index is 5.43. The van der Waals surface area contributed by atoms with Crippen LogP contribution >= 0.6 is 0 Å². The molecule has 4 nitrogen and oxygen atoms in total. The van der Waals surface area contributed by atoms with Gasteiger partial charge in [0, 0.05) is 12.5 Å². The fourth-order valence-corrected chi connectivity index (χ4v) is 1.40. The summed E-state index contributed by atoms with van der Waals surface area (Å²) in [6.07, 6.45) is 0.692. The molecular weight excluding hydrogens is 192 g/mol. The number of nitrogens with zero attached hydrogens (tertiary/aromatic N) is 1. The van der Waals surface area contributed by atoms with Crippen LogP contribution in [0, 0.1) is 0 Å². The number of benzene rings is 1. The molecule has 2 rings (SSSR count). The molecule has 0 saturated carbocycles. The lowest BCUT2D eigenvalue weighted by atomic mass is 10.1. The largest absolute Gasteiger partial charge is 0.497 e. The lowest BCUT2D eigenvalue weighted by Crippen LogP contribution is -1.89. The van der Waals surface area contributed by atoms with E-state index < -0.39 is 0 Å². The van der Waals surface area contributed by atoms with E-state index in [0.29, 0.717) is 12.3 Å². The molecular formula is C11H12N2O2. The van der Waals surface area contributed by atoms with Gasteiger partial charge in [0.05, 0.1) is 12.8 Å². The summed E-state index contributed by atoms with van der Waals surface area (Å²) in [6.45, 7) is 0. The van der Waals surface area contributed by atoms with Gasteiger partial charge in [-0.15, -0.1) is 0 Å². The third-order valence-electron chi connectivity index (χ3n) is 2.10. The fraction of sp³-hybridized carbons (Fsp3) is 0.182. The Morgan fingerprint density at radius 2 is 2.27 bits per heavy atom. The molecule has 0 aliphatic carbocycles. The van der Waals surface area contributed by atoms with E-state index in [0.717, 1.165) is 17.0 Å². The van der Waals surface area contributed by atoms with Crippen LogP contribution in [0.15, 0.2) is 34.9 Å². The standard InChI is InChI=1S/C11H12N2O2/c1-14-10-4-2-3-8(6-10)5-9-7-11(12)15-13-9/h2-4,6-7H,5,12H2,1H3. The first kappa shape index (κ1) is 9.58. The molecule has 2 aromatic rings. The van der Waals surface area contributed by atoms with Crippen molar-refractivity contribution in [2.75, 3.05) is 12.8 Å². The zero-order chi connectivity index (χ0) is 10.7. The molecule has 4 heteroatoms. The molecule has 1 aromatic carbocycles. The van der Waals surface area contributed by atoms with Gasteiger partial charge in [0.1, 0.15) is 5.75 Å². The maximum atomic E-state index is 5.43. The molecule has 0 fully saturated rings. The highest BCUT2D eigenvalue weighted by Gasteiger charge is 2.03. The van der Waals surface area contributed by atoms with Crippen LogP contribution in [0.25, 0.3) is 0 Å². The Bertz CT molecular complexity index is 451. The van der Waals surface area contributed by atoms with Gasteiger partial charge in [0.25, 0.3) is 0 Å². The second-order valence-corrected chi connectivity index (χ2v) is 3.25. The van der Waals surface area contributed by atoms with Crippen molar-refractivity contribution in [1.29, 1.82) is 0 Å². The highest BCUT2D eigenvalue weighted by Crippen LogP contribution is 2.16. The molecule has 0 aliphatic heterocycles. The van der Waals surface area contributed by atoms with Crippen molar-refractivity contribution >= 4 is 5.88 Å². The Balaban J connectivity index is 2.16. The molecule has 2 N–H and O–H groups in total. The van der Waals surface area contributed by atoms with Crippen LogP contribution in [0.2, 0.25) is 0 Å². The van der Waals surface area contributed by atoms with E-state index in [9.17, 15) is 0 Å². The molecule has 0 atom stereocenters. The summed E-state index contributed by atoms with van der Waals surface area (Å²) in [4.78, 5) is 0. The third kappa shape index (κ3) is 2.28. The smallest absolute Gasteiger partial charge is 0.222 e. The Morgan fingerprint density at radius 3 is 2.93 bits per heavy atom. The third-order valence-corrected chi connectivity index (χ3v) is 2.10. The predicted molar refractivity (Wildman–Crippen MR) is 56.7 cm³/mol. The monoisotopic (exact) mass is 204 g/mol. The second kappa shape index (κ2) is 4.04. The van der Waals surface area contributed by atoms with E-state index in [1.54, 1.807) is 13.2 Å². The zero-order valence-corrected chi connectivity index (χ0v) is 8.43. The van der Waals surface area contributed by atoms with Gasteiger partial charge in [-0.1, -0.05) is 17.3 Å². The first-order valence-corrected chi connectivity index (χ1v) is 4.62. The topological polar surface area (TPSA) is 61.3 Å². The summed E-state index contributed by atoms with van der Waals surface area (Å²) in [5, 5.41) is 3.83. The van der Waals surface area contributed by atoms with Crippen molar-refractivity contribution in [3.63, 3.8) is 0 Å². The summed E-state index contributed by atoms with van der Waals surface area (Å²) >= 11 is 0. The van der Waals surface area contributed by atoms with Crippen molar-refractivity contribution in [2.45, 2.75) is 6.42 Å². The Morgan fingerprint density at radius 1 is 1.40 bits per heavy atom. The minimum atomic E-state index is 0.341. The van der Waals surface area contributed by atoms with Gasteiger partial charge in [-0.25, -0.2) is 0 Å². The van der Waals surface area contributed by atoms with E-state index in [4.69, 9.17) is 15.0 Å². The first-order valence-electron chi connectivity index (χ1n) is 4.62. The van der Waals surface area contributed by atoms with Gasteiger partial charge < -0.3 is 15.0 Å². The maximum Gasteiger partial charge on any atom is 0.222 e. The number of hydrogen-bond donors (Lipinski definition) is 1. The second-order valence-electron chi connectivity index (χ2n) is 3.25. The first-order chi connectivity index (χ1) is 7.28. The summed E-state index contributed by atoms with van der Waals surface area (Å²) in [6, 6.07) is 9.54. The van der Waals surface area contributed by atoms with Gasteiger partial charge in [-0.3, -0.25) is 0 Å². The van der Waals surface area contributed by atoms with Crippen LogP contribution in [0.1, 0.15) is 11.3 Å². The number of methoxy groups -OCH3 is 1. The van der Waals surface area contributed by atoms with Crippen LogP contribution in [-0.2, 0) is 6.42 Å². The molecule has 78 valence electrons. The molecule has 0 unspecified atom stereocenters. The van der Waals surface area contributed by atoms with Gasteiger partial charge in [0.2, 0.25) is 5.88 Å². The SMILES string of the molecule is COc1cccc(Cc2cc(N)on2)c1. The zero-order valence-electron chi connectivity index (χ0n) is 8.43. The average molecular weight is 204 g/mol. The molecule has 0 bridgehead atoms. The quantitative estimate of drug-likeness (QED) is 0.828. The molecule has 0 aliphatic rings. The van der Waals surface area contributed by atoms with Crippen molar-refractivity contribution in [2.24, 2.45) is 0 Å². The van der Waals surface area contributed by atoms with Gasteiger partial charge in [-0.2, -0.15) is 0 Å². The number of anilines is 1. The average Bonchev–Trinajstić information content (AvgIpc) is 2.64. The lowest BCUT2D eigenvalue weighted by Gasteiger charge is -2.01. The summed E-state index contributed by atoms with van der Waals surface area (Å²) in [5.74, 6) is 1.18. The summed E-state index contributed by atoms with van der Waals surface area (Å²) in [5.41, 5.74) is 7.37. The van der Waals surface area contributed by atoms with Crippen LogP contribution in [0.4, 0.5) is 5.88 Å². The predicted octanol–water partition coefficient (Wildman–Crippen LogP) is 1.86. The Labute approximate surface area is 87.6 Å². The van der Waals surface area contributed by atoms with Crippen LogP contribution in [0.3, 0.4) is 0 Å². The van der Waals surface area contributed by atoms with Crippen molar-refractivity contribution in [3.05, 3.63) is 41.6 Å². The molecule has 0 saturated heterocycles. The number of hydrogen-bond acceptors (Lipinski definition) is 4. The molecule has 0 radical (unpaired) electrons. The number of rotatable bonds is 3. The molecule has 0 spiro atoms. The van der Waals surface area contributed by atoms with E-state index in [1.807, 2.05) is 24.3 Å². The molecule has 15 heavy (non-hydrogen) atoms. The van der Waals surface area contributed by atoms with Crippen molar-refractivity contribution < 1.29 is 9.26 Å². The highest BCUT2D eigenvalue weighted by molar-refractivity contribution is 5.33. The highest BCUT2D eigenvalue weighted by atomic mass is 16.5. The molecule has 1 aromatic heterocycles. The number of nitrogens with two attached hydrogens (primary N) is 1. The van der Waals surface area contributed by atoms with E-state index >= 15 is 0 Å². The molecule has 0 amide bonds. The number of aromatic nitrogens is 1. The van der Waals surface area contributed by atoms with Crippen LogP contribution < -0.4 is 10.5 Å². The summed E-state index contributed by atoms with van der Waals surface area (Å²) < 4.78 is 9.92. The normalized spacial score (nSPS) is 10.2. The summed E-state index contributed by atoms with van der Waals surface area (Å²) in [7, 11) is 1.65. The van der Waals surface area contributed by atoms with Crippen molar-refractivity contribution in [1.82, 2.24) is 5.16 Å². The minimum absolute atomic E-state index is 0.341. The van der Waals surface area contributed by atoms with Gasteiger partial charge in [0.15, 0.2) is 0 Å². The lowest BCUT2D eigenvalue weighted by molar-refractivity contribution is 0.414. The van der Waals surface area contributed by atoms with E-state index in [1.165, 1.54) is 0 Å². The fourth-order valence-electron chi connectivity index (χ4n) is 1.40.